The third kappa shape index (κ3) is 3.48. The zero-order valence-corrected chi connectivity index (χ0v) is 20.6. The minimum absolute atomic E-state index is 0.183. The summed E-state index contributed by atoms with van der Waals surface area (Å²) in [5, 5.41) is 20.6. The smallest absolute Gasteiger partial charge is 0.294 e. The molecular formula is C24H43N3O5. The van der Waals surface area contributed by atoms with E-state index in [1.165, 1.54) is 43.6 Å². The van der Waals surface area contributed by atoms with Crippen LogP contribution in [0, 0.1) is 38.7 Å². The van der Waals surface area contributed by atoms with Crippen LogP contribution >= 0.6 is 0 Å². The van der Waals surface area contributed by atoms with Crippen LogP contribution in [0.1, 0.15) is 91.9 Å². The summed E-state index contributed by atoms with van der Waals surface area (Å²) in [6, 6.07) is 0. The minimum Gasteiger partial charge on any atom is -0.356 e. The number of hydroxylamine groups is 2. The van der Waals surface area contributed by atoms with Crippen LogP contribution in [0.3, 0.4) is 0 Å². The van der Waals surface area contributed by atoms with E-state index in [0.717, 1.165) is 50.5 Å². The quantitative estimate of drug-likeness (QED) is 0.443. The van der Waals surface area contributed by atoms with E-state index in [4.69, 9.17) is 20.6 Å². The number of nitrogens with zero attached hydrogens (tertiary/aromatic N) is 2. The van der Waals surface area contributed by atoms with Crippen LogP contribution in [0.4, 0.5) is 0 Å². The van der Waals surface area contributed by atoms with Gasteiger partial charge in [-0.2, -0.15) is 5.06 Å². The zero-order valence-electron chi connectivity index (χ0n) is 20.6. The molecular weight excluding hydrogens is 410 g/mol. The van der Waals surface area contributed by atoms with Crippen LogP contribution in [0.15, 0.2) is 0 Å². The van der Waals surface area contributed by atoms with E-state index in [-0.39, 0.29) is 16.5 Å². The molecule has 1 heterocycles. The first kappa shape index (κ1) is 24.2. The van der Waals surface area contributed by atoms with Crippen molar-refractivity contribution in [3.63, 3.8) is 0 Å². The second kappa shape index (κ2) is 7.79. The lowest BCUT2D eigenvalue weighted by atomic mass is 9.42. The summed E-state index contributed by atoms with van der Waals surface area (Å²) in [6.07, 6.45) is 12.2. The van der Waals surface area contributed by atoms with Gasteiger partial charge in [-0.3, -0.25) is 0 Å². The second-order valence-corrected chi connectivity index (χ2v) is 12.5. The molecule has 32 heavy (non-hydrogen) atoms. The highest BCUT2D eigenvalue weighted by molar-refractivity contribution is 5.18. The Hall–Kier alpha value is -0.960. The van der Waals surface area contributed by atoms with Gasteiger partial charge in [0.1, 0.15) is 5.72 Å². The first-order valence-electron chi connectivity index (χ1n) is 12.4. The Bertz CT molecular complexity index is 749. The SMILES string of the molecule is CC12CCCC1C1CC[C@@]3(N)CC4(CCC3(C)C1CC2)OCC(C)(C)N4O.CO[N+](=O)[O-]. The number of rotatable bonds is 1. The van der Waals surface area contributed by atoms with Crippen molar-refractivity contribution in [1.29, 1.82) is 0 Å². The van der Waals surface area contributed by atoms with Gasteiger partial charge < -0.3 is 20.5 Å². The predicted molar refractivity (Wildman–Crippen MR) is 120 cm³/mol. The fraction of sp³-hybridized carbons (Fsp3) is 1.00. The molecule has 1 saturated heterocycles. The van der Waals surface area contributed by atoms with Gasteiger partial charge in [0.2, 0.25) is 0 Å². The van der Waals surface area contributed by atoms with Gasteiger partial charge in [0.05, 0.1) is 19.3 Å². The normalized spacial score (nSPS) is 49.4. The lowest BCUT2D eigenvalue weighted by molar-refractivity contribution is -0.749. The molecule has 0 aromatic rings. The number of hydrogen-bond donors (Lipinski definition) is 2. The van der Waals surface area contributed by atoms with Crippen molar-refractivity contribution < 1.29 is 19.9 Å². The van der Waals surface area contributed by atoms with Crippen molar-refractivity contribution in [1.82, 2.24) is 5.06 Å². The van der Waals surface area contributed by atoms with Gasteiger partial charge in [-0.05, 0) is 93.8 Å². The van der Waals surface area contributed by atoms with E-state index in [9.17, 15) is 5.21 Å². The van der Waals surface area contributed by atoms with Crippen LogP contribution in [-0.2, 0) is 9.57 Å². The summed E-state index contributed by atoms with van der Waals surface area (Å²) >= 11 is 0. The van der Waals surface area contributed by atoms with Crippen LogP contribution in [0.25, 0.3) is 0 Å². The molecule has 0 aromatic carbocycles. The number of nitrogens with two attached hydrogens (primary N) is 1. The Kier molecular flexibility index (Phi) is 5.88. The molecule has 7 atom stereocenters. The van der Waals surface area contributed by atoms with E-state index in [1.807, 2.05) is 0 Å². The lowest BCUT2D eigenvalue weighted by Crippen LogP contribution is -2.71. The molecule has 8 nitrogen and oxygen atoms in total. The van der Waals surface area contributed by atoms with E-state index in [2.05, 4.69) is 32.5 Å². The monoisotopic (exact) mass is 453 g/mol. The Labute approximate surface area is 192 Å². The van der Waals surface area contributed by atoms with Gasteiger partial charge in [0, 0.05) is 12.0 Å². The molecule has 0 aromatic heterocycles. The third-order valence-corrected chi connectivity index (χ3v) is 10.5. The molecule has 5 fully saturated rings. The Morgan fingerprint density at radius 3 is 2.34 bits per heavy atom. The standard InChI is InChI=1S/C23H40N2O2.CH3NO3/c1-19(2)15-27-23(25(19)26)13-12-21(4)18-8-10-20(3)9-5-6-17(20)16(18)7-11-22(21,24)14-23;1-5-2(3)4/h16-18,26H,5-15,24H2,1-4H3;1H3/t16?,17?,18?,20?,21?,22-,23?;/m1./s1. The maximum Gasteiger partial charge on any atom is 0.294 e. The van der Waals surface area contributed by atoms with Crippen LogP contribution in [-0.4, -0.2) is 45.9 Å². The van der Waals surface area contributed by atoms with E-state index < -0.39 is 10.8 Å². The molecule has 4 saturated carbocycles. The van der Waals surface area contributed by atoms with Crippen molar-refractivity contribution in [2.24, 2.45) is 34.3 Å². The van der Waals surface area contributed by atoms with Crippen molar-refractivity contribution >= 4 is 0 Å². The van der Waals surface area contributed by atoms with Gasteiger partial charge in [-0.15, -0.1) is 10.1 Å². The van der Waals surface area contributed by atoms with Crippen molar-refractivity contribution in [3.05, 3.63) is 10.1 Å². The summed E-state index contributed by atoms with van der Waals surface area (Å²) < 4.78 is 6.29. The fourth-order valence-corrected chi connectivity index (χ4v) is 8.60. The van der Waals surface area contributed by atoms with Gasteiger partial charge in [-0.25, -0.2) is 0 Å². The first-order chi connectivity index (χ1) is 14.8. The molecule has 5 aliphatic rings. The van der Waals surface area contributed by atoms with Gasteiger partial charge in [0.15, 0.2) is 0 Å². The van der Waals surface area contributed by atoms with Crippen LogP contribution in [0.2, 0.25) is 0 Å². The minimum atomic E-state index is -0.875. The lowest BCUT2D eigenvalue weighted by Gasteiger charge is -2.66. The molecule has 0 radical (unpaired) electrons. The van der Waals surface area contributed by atoms with Crippen molar-refractivity contribution in [2.45, 2.75) is 109 Å². The molecule has 6 unspecified atom stereocenters. The van der Waals surface area contributed by atoms with E-state index >= 15 is 0 Å². The molecule has 1 aliphatic heterocycles. The molecule has 3 N–H and O–H groups in total. The molecule has 5 rings (SSSR count). The molecule has 4 aliphatic carbocycles. The summed E-state index contributed by atoms with van der Waals surface area (Å²) in [6.45, 7) is 9.79. The topological polar surface area (TPSA) is 111 Å². The number of ether oxygens (including phenoxy) is 1. The van der Waals surface area contributed by atoms with E-state index in [0.29, 0.717) is 12.0 Å². The average Bonchev–Trinajstić information content (AvgIpc) is 3.23. The summed E-state index contributed by atoms with van der Waals surface area (Å²) in [5.41, 5.74) is 6.93. The average molecular weight is 454 g/mol. The Morgan fingerprint density at radius 1 is 1.06 bits per heavy atom. The van der Waals surface area contributed by atoms with Crippen LogP contribution in [0.5, 0.6) is 0 Å². The van der Waals surface area contributed by atoms with Gasteiger partial charge in [-0.1, -0.05) is 20.3 Å². The van der Waals surface area contributed by atoms with Crippen LogP contribution < -0.4 is 5.73 Å². The van der Waals surface area contributed by atoms with Gasteiger partial charge in [0.25, 0.3) is 5.09 Å². The zero-order chi connectivity index (χ0) is 23.6. The Balaban J connectivity index is 0.000000444. The number of fused-ring (bicyclic) bond motifs is 5. The fourth-order valence-electron chi connectivity index (χ4n) is 8.60. The number of hydrogen-bond acceptors (Lipinski definition) is 7. The highest BCUT2D eigenvalue weighted by Crippen LogP contribution is 2.68. The van der Waals surface area contributed by atoms with Crippen molar-refractivity contribution in [3.8, 4) is 0 Å². The molecule has 184 valence electrons. The summed E-state index contributed by atoms with van der Waals surface area (Å²) in [7, 11) is 1.00. The molecule has 8 heteroatoms. The third-order valence-electron chi connectivity index (χ3n) is 10.5. The molecule has 1 spiro atoms. The maximum atomic E-state index is 11.0. The van der Waals surface area contributed by atoms with Gasteiger partial charge >= 0.3 is 0 Å². The maximum absolute atomic E-state index is 11.0. The Morgan fingerprint density at radius 2 is 1.75 bits per heavy atom. The van der Waals surface area contributed by atoms with E-state index in [1.54, 1.807) is 0 Å². The summed E-state index contributed by atoms with van der Waals surface area (Å²) in [5.74, 6) is 2.55. The second-order valence-electron chi connectivity index (χ2n) is 12.5. The highest BCUT2D eigenvalue weighted by atomic mass is 16.9. The first-order valence-corrected chi connectivity index (χ1v) is 12.4. The molecule has 0 amide bonds. The highest BCUT2D eigenvalue weighted by Gasteiger charge is 2.67. The van der Waals surface area contributed by atoms with Crippen molar-refractivity contribution in [2.75, 3.05) is 13.7 Å². The predicted octanol–water partition coefficient (Wildman–Crippen LogP) is 4.52. The molecule has 0 bridgehead atoms. The largest absolute Gasteiger partial charge is 0.356 e. The summed E-state index contributed by atoms with van der Waals surface area (Å²) in [4.78, 5) is 12.4.